The molecule has 0 saturated heterocycles. The maximum absolute atomic E-state index is 4.07. The van der Waals surface area contributed by atoms with Crippen LogP contribution in [0.5, 0.6) is 0 Å². The molecule has 0 amide bonds. The van der Waals surface area contributed by atoms with Gasteiger partial charge in [0.2, 0.25) is 0 Å². The normalized spacial score (nSPS) is 16.6. The molecule has 0 aliphatic carbocycles. The zero-order valence-corrected chi connectivity index (χ0v) is 10.1. The SMILES string of the molecule is [CH2]C(C)C(C)CCCC(C)C(C)C. The van der Waals surface area contributed by atoms with Gasteiger partial charge in [0.05, 0.1) is 0 Å². The van der Waals surface area contributed by atoms with Gasteiger partial charge in [-0.2, -0.15) is 0 Å². The molecule has 0 aromatic rings. The highest BCUT2D eigenvalue weighted by molar-refractivity contribution is 4.65. The first-order chi connectivity index (χ1) is 5.95. The first kappa shape index (κ1) is 13.0. The van der Waals surface area contributed by atoms with Gasteiger partial charge in [-0.15, -0.1) is 0 Å². The standard InChI is InChI=1S/C13H27/c1-10(2)12(5)8-7-9-13(6)11(3)4/h10-13H,1,7-9H2,2-6H3. The Kier molecular flexibility index (Phi) is 6.45. The van der Waals surface area contributed by atoms with Crippen LogP contribution in [0, 0.1) is 30.6 Å². The lowest BCUT2D eigenvalue weighted by atomic mass is 9.88. The zero-order valence-electron chi connectivity index (χ0n) is 10.1. The molecule has 0 saturated carbocycles. The second-order valence-electron chi connectivity index (χ2n) is 5.11. The Labute approximate surface area is 85.1 Å². The Bertz CT molecular complexity index is 99.2. The van der Waals surface area contributed by atoms with Gasteiger partial charge in [0.15, 0.2) is 0 Å². The van der Waals surface area contributed by atoms with Crippen LogP contribution in [-0.4, -0.2) is 0 Å². The van der Waals surface area contributed by atoms with E-state index < -0.39 is 0 Å². The van der Waals surface area contributed by atoms with E-state index in [2.05, 4.69) is 41.5 Å². The number of hydrogen-bond acceptors (Lipinski definition) is 0. The Morgan fingerprint density at radius 1 is 0.846 bits per heavy atom. The summed E-state index contributed by atoms with van der Waals surface area (Å²) in [6, 6.07) is 0. The second-order valence-corrected chi connectivity index (χ2v) is 5.11. The maximum atomic E-state index is 4.07. The van der Waals surface area contributed by atoms with Crippen molar-refractivity contribution >= 4 is 0 Å². The molecule has 0 nitrogen and oxygen atoms in total. The predicted octanol–water partition coefficient (Wildman–Crippen LogP) is 4.56. The molecule has 1 radical (unpaired) electrons. The van der Waals surface area contributed by atoms with E-state index in [0.717, 1.165) is 17.8 Å². The van der Waals surface area contributed by atoms with Crippen molar-refractivity contribution in [2.24, 2.45) is 23.7 Å². The Hall–Kier alpha value is 0. The highest BCUT2D eigenvalue weighted by Crippen LogP contribution is 2.21. The first-order valence-corrected chi connectivity index (χ1v) is 5.78. The van der Waals surface area contributed by atoms with Gasteiger partial charge in [-0.3, -0.25) is 0 Å². The highest BCUT2D eigenvalue weighted by atomic mass is 14.2. The van der Waals surface area contributed by atoms with Crippen LogP contribution in [0.1, 0.15) is 53.9 Å². The molecule has 0 aliphatic heterocycles. The van der Waals surface area contributed by atoms with Crippen LogP contribution >= 0.6 is 0 Å². The van der Waals surface area contributed by atoms with Crippen molar-refractivity contribution in [2.45, 2.75) is 53.9 Å². The fourth-order valence-corrected chi connectivity index (χ4v) is 1.38. The van der Waals surface area contributed by atoms with Gasteiger partial charge in [0, 0.05) is 0 Å². The summed E-state index contributed by atoms with van der Waals surface area (Å²) < 4.78 is 0. The van der Waals surface area contributed by atoms with Crippen LogP contribution in [0.2, 0.25) is 0 Å². The van der Waals surface area contributed by atoms with E-state index in [1.165, 1.54) is 19.3 Å². The van der Waals surface area contributed by atoms with E-state index in [1.807, 2.05) is 0 Å². The van der Waals surface area contributed by atoms with Crippen LogP contribution < -0.4 is 0 Å². The summed E-state index contributed by atoms with van der Waals surface area (Å²) in [4.78, 5) is 0. The van der Waals surface area contributed by atoms with Gasteiger partial charge in [0.1, 0.15) is 0 Å². The maximum Gasteiger partial charge on any atom is -0.0417 e. The number of hydrogen-bond donors (Lipinski definition) is 0. The van der Waals surface area contributed by atoms with Crippen molar-refractivity contribution in [3.05, 3.63) is 6.92 Å². The summed E-state index contributed by atoms with van der Waals surface area (Å²) in [7, 11) is 0. The van der Waals surface area contributed by atoms with Crippen molar-refractivity contribution < 1.29 is 0 Å². The van der Waals surface area contributed by atoms with Gasteiger partial charge in [-0.05, 0) is 23.7 Å². The predicted molar refractivity (Wildman–Crippen MR) is 61.5 cm³/mol. The van der Waals surface area contributed by atoms with Crippen LogP contribution in [0.4, 0.5) is 0 Å². The minimum absolute atomic E-state index is 0.606. The average Bonchev–Trinajstić information content (AvgIpc) is 2.03. The molecule has 13 heavy (non-hydrogen) atoms. The summed E-state index contributed by atoms with van der Waals surface area (Å²) in [5.74, 6) is 3.12. The van der Waals surface area contributed by atoms with E-state index in [9.17, 15) is 0 Å². The molecule has 0 aliphatic rings. The molecule has 0 bridgehead atoms. The fraction of sp³-hybridized carbons (Fsp3) is 0.923. The third-order valence-corrected chi connectivity index (χ3v) is 3.43. The largest absolute Gasteiger partial charge is 0.0625 e. The van der Waals surface area contributed by atoms with E-state index >= 15 is 0 Å². The van der Waals surface area contributed by atoms with E-state index in [4.69, 9.17) is 0 Å². The fourth-order valence-electron chi connectivity index (χ4n) is 1.38. The van der Waals surface area contributed by atoms with Crippen molar-refractivity contribution in [3.63, 3.8) is 0 Å². The molecule has 0 fully saturated rings. The molecule has 0 heterocycles. The molecule has 0 aromatic carbocycles. The van der Waals surface area contributed by atoms with Crippen molar-refractivity contribution in [1.29, 1.82) is 0 Å². The molecule has 79 valence electrons. The molecule has 0 spiro atoms. The monoisotopic (exact) mass is 183 g/mol. The molecule has 0 N–H and O–H groups in total. The Morgan fingerprint density at radius 3 is 1.69 bits per heavy atom. The van der Waals surface area contributed by atoms with Crippen molar-refractivity contribution in [2.75, 3.05) is 0 Å². The average molecular weight is 183 g/mol. The minimum Gasteiger partial charge on any atom is -0.0625 e. The topological polar surface area (TPSA) is 0 Å². The summed E-state index contributed by atoms with van der Waals surface area (Å²) in [5, 5.41) is 0. The van der Waals surface area contributed by atoms with Crippen molar-refractivity contribution in [3.8, 4) is 0 Å². The van der Waals surface area contributed by atoms with Crippen LogP contribution in [0.3, 0.4) is 0 Å². The first-order valence-electron chi connectivity index (χ1n) is 5.78. The molecule has 3 atom stereocenters. The lowest BCUT2D eigenvalue weighted by Gasteiger charge is -2.18. The van der Waals surface area contributed by atoms with Gasteiger partial charge in [0.25, 0.3) is 0 Å². The zero-order chi connectivity index (χ0) is 10.4. The smallest absolute Gasteiger partial charge is 0.0417 e. The summed E-state index contributed by atoms with van der Waals surface area (Å²) >= 11 is 0. The lowest BCUT2D eigenvalue weighted by molar-refractivity contribution is 0.342. The molecule has 0 rings (SSSR count). The van der Waals surface area contributed by atoms with Gasteiger partial charge in [-0.25, -0.2) is 0 Å². The molecular weight excluding hydrogens is 156 g/mol. The highest BCUT2D eigenvalue weighted by Gasteiger charge is 2.10. The molecule has 0 heteroatoms. The number of rotatable bonds is 6. The molecule has 3 unspecified atom stereocenters. The van der Waals surface area contributed by atoms with E-state index in [-0.39, 0.29) is 0 Å². The van der Waals surface area contributed by atoms with Gasteiger partial charge >= 0.3 is 0 Å². The quantitative estimate of drug-likeness (QED) is 0.566. The summed E-state index contributed by atoms with van der Waals surface area (Å²) in [5.41, 5.74) is 0. The van der Waals surface area contributed by atoms with Crippen molar-refractivity contribution in [1.82, 2.24) is 0 Å². The van der Waals surface area contributed by atoms with Crippen LogP contribution in [0.25, 0.3) is 0 Å². The summed E-state index contributed by atoms with van der Waals surface area (Å²) in [6.07, 6.45) is 4.11. The van der Waals surface area contributed by atoms with E-state index in [1.54, 1.807) is 0 Å². The van der Waals surface area contributed by atoms with E-state index in [0.29, 0.717) is 5.92 Å². The third kappa shape index (κ3) is 6.12. The lowest BCUT2D eigenvalue weighted by Crippen LogP contribution is -2.07. The Morgan fingerprint density at radius 2 is 1.31 bits per heavy atom. The third-order valence-electron chi connectivity index (χ3n) is 3.43. The van der Waals surface area contributed by atoms with Crippen LogP contribution in [-0.2, 0) is 0 Å². The van der Waals surface area contributed by atoms with Gasteiger partial charge in [-0.1, -0.05) is 60.8 Å². The Balaban J connectivity index is 3.45. The molecular formula is C13H27. The molecule has 0 aromatic heterocycles. The second kappa shape index (κ2) is 6.45. The minimum atomic E-state index is 0.606. The summed E-state index contributed by atoms with van der Waals surface area (Å²) in [6.45, 7) is 15.6. The van der Waals surface area contributed by atoms with Gasteiger partial charge < -0.3 is 0 Å². The van der Waals surface area contributed by atoms with Crippen LogP contribution in [0.15, 0.2) is 0 Å².